The first-order chi connectivity index (χ1) is 16.5. The largest absolute Gasteiger partial charge is 0.497 e. The molecular weight excluding hydrogens is 474 g/mol. The van der Waals surface area contributed by atoms with E-state index >= 15 is 0 Å². The first-order valence-electron chi connectivity index (χ1n) is 10.5. The number of halogens is 1. The number of rotatable bonds is 9. The van der Waals surface area contributed by atoms with Gasteiger partial charge in [-0.15, -0.1) is 11.3 Å². The number of benzene rings is 2. The zero-order chi connectivity index (χ0) is 23.9. The van der Waals surface area contributed by atoms with Crippen molar-refractivity contribution in [2.24, 2.45) is 0 Å². The number of carbonyl (C=O) groups excluding carboxylic acids is 2. The minimum absolute atomic E-state index is 0.141. The van der Waals surface area contributed by atoms with Gasteiger partial charge in [-0.1, -0.05) is 41.0 Å². The van der Waals surface area contributed by atoms with Gasteiger partial charge in [-0.25, -0.2) is 0 Å². The van der Waals surface area contributed by atoms with E-state index in [1.165, 1.54) is 0 Å². The Morgan fingerprint density at radius 2 is 1.94 bits per heavy atom. The van der Waals surface area contributed by atoms with Gasteiger partial charge in [0, 0.05) is 28.1 Å². The van der Waals surface area contributed by atoms with Gasteiger partial charge in [-0.2, -0.15) is 0 Å². The highest BCUT2D eigenvalue weighted by molar-refractivity contribution is 7.09. The molecule has 7 nitrogen and oxygen atoms in total. The molecule has 0 unspecified atom stereocenters. The number of ether oxygens (including phenoxy) is 1. The first kappa shape index (κ1) is 23.5. The van der Waals surface area contributed by atoms with Crippen LogP contribution in [0.4, 0.5) is 0 Å². The lowest BCUT2D eigenvalue weighted by Gasteiger charge is -2.21. The molecule has 0 aliphatic rings. The Hall–Kier alpha value is -3.62. The maximum atomic E-state index is 13.3. The summed E-state index contributed by atoms with van der Waals surface area (Å²) >= 11 is 7.55. The molecule has 1 N–H and O–H groups in total. The quantitative estimate of drug-likeness (QED) is 0.346. The summed E-state index contributed by atoms with van der Waals surface area (Å²) in [6, 6.07) is 19.7. The molecule has 0 saturated carbocycles. The molecule has 0 aliphatic heterocycles. The molecule has 0 atom stereocenters. The average molecular weight is 496 g/mol. The molecule has 2 heterocycles. The average Bonchev–Trinajstić information content (AvgIpc) is 3.54. The molecule has 0 spiro atoms. The van der Waals surface area contributed by atoms with Gasteiger partial charge >= 0.3 is 0 Å². The van der Waals surface area contributed by atoms with Crippen LogP contribution >= 0.6 is 22.9 Å². The predicted molar refractivity (Wildman–Crippen MR) is 130 cm³/mol. The number of aromatic nitrogens is 1. The fourth-order valence-electron chi connectivity index (χ4n) is 3.33. The van der Waals surface area contributed by atoms with Gasteiger partial charge in [0.25, 0.3) is 11.8 Å². The molecule has 34 heavy (non-hydrogen) atoms. The van der Waals surface area contributed by atoms with Crippen molar-refractivity contribution in [1.82, 2.24) is 15.4 Å². The number of thiophene rings is 1. The number of carbonyl (C=O) groups is 2. The van der Waals surface area contributed by atoms with Gasteiger partial charge in [0.15, 0.2) is 11.5 Å². The third-order valence-electron chi connectivity index (χ3n) is 5.01. The van der Waals surface area contributed by atoms with E-state index in [-0.39, 0.29) is 24.1 Å². The summed E-state index contributed by atoms with van der Waals surface area (Å²) in [7, 11) is 1.56. The highest BCUT2D eigenvalue weighted by Gasteiger charge is 2.21. The molecule has 0 bridgehead atoms. The molecule has 2 amide bonds. The van der Waals surface area contributed by atoms with Crippen molar-refractivity contribution >= 4 is 34.8 Å². The Morgan fingerprint density at radius 3 is 2.71 bits per heavy atom. The summed E-state index contributed by atoms with van der Waals surface area (Å²) in [5.74, 6) is 0.440. The number of nitrogens with one attached hydrogen (secondary N) is 1. The van der Waals surface area contributed by atoms with Gasteiger partial charge in [0.2, 0.25) is 0 Å². The van der Waals surface area contributed by atoms with Crippen molar-refractivity contribution < 1.29 is 18.8 Å². The van der Waals surface area contributed by atoms with E-state index in [2.05, 4.69) is 10.5 Å². The van der Waals surface area contributed by atoms with E-state index in [1.807, 2.05) is 29.6 Å². The van der Waals surface area contributed by atoms with Crippen LogP contribution in [0.1, 0.15) is 37.0 Å². The molecule has 0 radical (unpaired) electrons. The summed E-state index contributed by atoms with van der Waals surface area (Å²) in [6.45, 7) is 0.855. The topological polar surface area (TPSA) is 84.7 Å². The minimum Gasteiger partial charge on any atom is -0.497 e. The second kappa shape index (κ2) is 11.0. The second-order valence-corrected chi connectivity index (χ2v) is 8.93. The zero-order valence-electron chi connectivity index (χ0n) is 18.4. The van der Waals surface area contributed by atoms with Crippen molar-refractivity contribution in [3.63, 3.8) is 0 Å². The summed E-state index contributed by atoms with van der Waals surface area (Å²) in [4.78, 5) is 28.5. The summed E-state index contributed by atoms with van der Waals surface area (Å²) < 4.78 is 10.6. The third kappa shape index (κ3) is 6.03. The lowest BCUT2D eigenvalue weighted by Crippen LogP contribution is -2.29. The van der Waals surface area contributed by atoms with Crippen LogP contribution in [0.2, 0.25) is 5.02 Å². The maximum Gasteiger partial charge on any atom is 0.273 e. The van der Waals surface area contributed by atoms with Crippen LogP contribution in [0, 0.1) is 0 Å². The molecule has 0 fully saturated rings. The van der Waals surface area contributed by atoms with Gasteiger partial charge in [-0.05, 0) is 47.3 Å². The fraction of sp³-hybridized carbons (Fsp3) is 0.160. The van der Waals surface area contributed by atoms with E-state index in [4.69, 9.17) is 20.9 Å². The van der Waals surface area contributed by atoms with Gasteiger partial charge in [0.05, 0.1) is 20.2 Å². The monoisotopic (exact) mass is 495 g/mol. The van der Waals surface area contributed by atoms with Crippen LogP contribution in [0.3, 0.4) is 0 Å². The Labute approximate surface area is 205 Å². The molecule has 9 heteroatoms. The van der Waals surface area contributed by atoms with Crippen molar-refractivity contribution in [2.75, 3.05) is 7.11 Å². The van der Waals surface area contributed by atoms with Crippen LogP contribution in [-0.2, 0) is 19.6 Å². The maximum absolute atomic E-state index is 13.3. The Bertz CT molecular complexity index is 1270. The van der Waals surface area contributed by atoms with Crippen LogP contribution in [0.5, 0.6) is 5.75 Å². The highest BCUT2D eigenvalue weighted by atomic mass is 35.5. The lowest BCUT2D eigenvalue weighted by molar-refractivity contribution is 0.0714. The van der Waals surface area contributed by atoms with Crippen molar-refractivity contribution in [2.45, 2.75) is 19.6 Å². The number of nitrogens with zero attached hydrogens (tertiary/aromatic N) is 2. The Morgan fingerprint density at radius 1 is 1.09 bits per heavy atom. The summed E-state index contributed by atoms with van der Waals surface area (Å²) in [5, 5.41) is 9.24. The van der Waals surface area contributed by atoms with E-state index in [9.17, 15) is 9.59 Å². The zero-order valence-corrected chi connectivity index (χ0v) is 19.9. The molecule has 0 aliphatic carbocycles. The van der Waals surface area contributed by atoms with Gasteiger partial charge in [0.1, 0.15) is 5.75 Å². The first-order valence-corrected chi connectivity index (χ1v) is 11.7. The molecule has 2 aromatic heterocycles. The van der Waals surface area contributed by atoms with Crippen LogP contribution in [0.15, 0.2) is 76.6 Å². The number of hydrogen-bond acceptors (Lipinski definition) is 6. The van der Waals surface area contributed by atoms with Crippen molar-refractivity contribution in [3.05, 3.63) is 105 Å². The Kier molecular flexibility index (Phi) is 7.61. The Balaban J connectivity index is 1.47. The highest BCUT2D eigenvalue weighted by Crippen LogP contribution is 2.20. The molecular formula is C25H22ClN3O4S. The molecule has 0 saturated heterocycles. The van der Waals surface area contributed by atoms with Crippen LogP contribution in [-0.4, -0.2) is 29.0 Å². The second-order valence-electron chi connectivity index (χ2n) is 7.46. The standard InChI is InChI=1S/C25H22ClN3O4S/c1-32-20-8-3-6-18(12-20)25(31)29(16-22-9-4-10-34-22)15-21-13-23(28-33-21)24(30)27-14-17-5-2-7-19(26)11-17/h2-13H,14-16H2,1H3,(H,27,30). The number of hydrogen-bond donors (Lipinski definition) is 1. The van der Waals surface area contributed by atoms with E-state index in [0.29, 0.717) is 35.2 Å². The molecule has 4 rings (SSSR count). The smallest absolute Gasteiger partial charge is 0.273 e. The number of amides is 2. The lowest BCUT2D eigenvalue weighted by atomic mass is 10.1. The van der Waals surface area contributed by atoms with Crippen LogP contribution < -0.4 is 10.1 Å². The predicted octanol–water partition coefficient (Wildman–Crippen LogP) is 5.17. The van der Waals surface area contributed by atoms with Gasteiger partial charge < -0.3 is 19.5 Å². The van der Waals surface area contributed by atoms with E-state index in [1.54, 1.807) is 65.8 Å². The van der Waals surface area contributed by atoms with Crippen LogP contribution in [0.25, 0.3) is 0 Å². The fourth-order valence-corrected chi connectivity index (χ4v) is 4.26. The SMILES string of the molecule is COc1cccc(C(=O)N(Cc2cc(C(=O)NCc3cccc(Cl)c3)no2)Cc2cccs2)c1. The molecule has 174 valence electrons. The normalized spacial score (nSPS) is 10.6. The molecule has 2 aromatic carbocycles. The minimum atomic E-state index is -0.376. The number of methoxy groups -OCH3 is 1. The van der Waals surface area contributed by atoms with Crippen molar-refractivity contribution in [1.29, 1.82) is 0 Å². The molecule has 4 aromatic rings. The van der Waals surface area contributed by atoms with E-state index in [0.717, 1.165) is 10.4 Å². The third-order valence-corrected chi connectivity index (χ3v) is 6.11. The van der Waals surface area contributed by atoms with Crippen molar-refractivity contribution in [3.8, 4) is 5.75 Å². The summed E-state index contributed by atoms with van der Waals surface area (Å²) in [5.41, 5.74) is 1.51. The van der Waals surface area contributed by atoms with Gasteiger partial charge in [-0.3, -0.25) is 9.59 Å². The summed E-state index contributed by atoms with van der Waals surface area (Å²) in [6.07, 6.45) is 0. The van der Waals surface area contributed by atoms with E-state index < -0.39 is 0 Å².